The van der Waals surface area contributed by atoms with Crippen LogP contribution in [0.4, 0.5) is 0 Å². The van der Waals surface area contributed by atoms with Crippen LogP contribution in [-0.2, 0) is 21.4 Å². The fourth-order valence-electron chi connectivity index (χ4n) is 10.1. The highest BCUT2D eigenvalue weighted by molar-refractivity contribution is 7.15. The Hall–Kier alpha value is -7.15. The number of amides is 4. The van der Waals surface area contributed by atoms with Gasteiger partial charge in [-0.1, -0.05) is 68.8 Å². The number of furan rings is 1. The van der Waals surface area contributed by atoms with E-state index in [0.29, 0.717) is 40.4 Å². The number of aryl methyl sites for hydroxylation is 3. The van der Waals surface area contributed by atoms with E-state index in [0.717, 1.165) is 55.1 Å². The van der Waals surface area contributed by atoms with E-state index in [-0.39, 0.29) is 43.2 Å². The van der Waals surface area contributed by atoms with Gasteiger partial charge in [-0.05, 0) is 80.6 Å². The molecule has 2 fully saturated rings. The number of aliphatic hydroxyl groups excluding tert-OH is 1. The smallest absolute Gasteiger partial charge is 0.287 e. The van der Waals surface area contributed by atoms with Gasteiger partial charge in [0.05, 0.1) is 24.3 Å². The number of fused-ring (bicyclic) bond motifs is 4. The lowest BCUT2D eigenvalue weighted by Crippen LogP contribution is -2.57. The normalized spacial score (nSPS) is 20.2. The number of likely N-dealkylation sites (tertiary alicyclic amines) is 1. The molecule has 0 bridgehead atoms. The zero-order valence-electron chi connectivity index (χ0n) is 42.5. The van der Waals surface area contributed by atoms with Crippen molar-refractivity contribution in [3.8, 4) is 22.1 Å². The summed E-state index contributed by atoms with van der Waals surface area (Å²) in [6.45, 7) is 13.4. The second-order valence-electron chi connectivity index (χ2n) is 20.8. The number of thiophene rings is 1. The predicted molar refractivity (Wildman–Crippen MR) is 282 cm³/mol. The summed E-state index contributed by atoms with van der Waals surface area (Å²) in [5.41, 5.74) is 5.26. The van der Waals surface area contributed by atoms with Crippen LogP contribution in [0.15, 0.2) is 94.6 Å². The second-order valence-corrected chi connectivity index (χ2v) is 22.4. The number of hydrogen-bond donors (Lipinski definition) is 4. The van der Waals surface area contributed by atoms with Gasteiger partial charge >= 0.3 is 0 Å². The summed E-state index contributed by atoms with van der Waals surface area (Å²) in [7, 11) is 1.92. The van der Waals surface area contributed by atoms with Gasteiger partial charge in [-0.25, -0.2) is 4.98 Å². The number of rotatable bonds is 13. The molecule has 4 N–H and O–H groups in total. The van der Waals surface area contributed by atoms with Crippen molar-refractivity contribution in [1.82, 2.24) is 45.2 Å². The van der Waals surface area contributed by atoms with Crippen LogP contribution >= 0.6 is 22.9 Å². The Labute approximate surface area is 437 Å². The van der Waals surface area contributed by atoms with Crippen molar-refractivity contribution in [2.75, 3.05) is 6.54 Å². The minimum Gasteiger partial charge on any atom is -0.490 e. The number of nitrogens with one attached hydrogen (secondary N) is 3. The second kappa shape index (κ2) is 19.9. The number of carbonyl (C=O) groups is 4. The first-order valence-corrected chi connectivity index (χ1v) is 26.0. The Balaban J connectivity index is 0.754. The Morgan fingerprint density at radius 1 is 0.946 bits per heavy atom. The van der Waals surface area contributed by atoms with Crippen LogP contribution in [0.3, 0.4) is 0 Å². The molecule has 2 aliphatic heterocycles. The van der Waals surface area contributed by atoms with Crippen molar-refractivity contribution in [3.05, 3.63) is 135 Å². The van der Waals surface area contributed by atoms with Crippen LogP contribution in [0.25, 0.3) is 27.4 Å². The van der Waals surface area contributed by atoms with Gasteiger partial charge in [0.1, 0.15) is 52.2 Å². The molecule has 1 unspecified atom stereocenters. The summed E-state index contributed by atoms with van der Waals surface area (Å²) in [6.07, 6.45) is 3.85. The Bertz CT molecular complexity index is 3330. The third kappa shape index (κ3) is 9.97. The number of carbonyl (C=O) groups excluding carboxylic acids is 4. The van der Waals surface area contributed by atoms with Gasteiger partial charge in [0, 0.05) is 83.3 Å². The van der Waals surface area contributed by atoms with Gasteiger partial charge in [0.15, 0.2) is 11.6 Å². The van der Waals surface area contributed by atoms with E-state index < -0.39 is 53.4 Å². The molecule has 4 amide bonds. The number of nitrogens with zero attached hydrogens (tertiary/aromatic N) is 7. The van der Waals surface area contributed by atoms with E-state index in [1.165, 1.54) is 4.90 Å². The van der Waals surface area contributed by atoms with Crippen LogP contribution in [0.5, 0.6) is 5.75 Å². The Morgan fingerprint density at radius 3 is 2.38 bits per heavy atom. The molecule has 74 heavy (non-hydrogen) atoms. The molecule has 3 aliphatic rings. The minimum atomic E-state index is -1.07. The molecule has 0 spiro atoms. The number of β-amino-alcohol motifs (C(OH)–C–C–N with tert-alkyl or cyclic N) is 1. The van der Waals surface area contributed by atoms with Crippen molar-refractivity contribution >= 4 is 63.2 Å². The van der Waals surface area contributed by atoms with Crippen molar-refractivity contribution < 1.29 is 33.4 Å². The predicted octanol–water partition coefficient (Wildman–Crippen LogP) is 8.05. The molecular formula is C55H59ClN10O7S. The van der Waals surface area contributed by atoms with Gasteiger partial charge in [0.2, 0.25) is 17.7 Å². The van der Waals surface area contributed by atoms with E-state index in [1.54, 1.807) is 41.8 Å². The van der Waals surface area contributed by atoms with Gasteiger partial charge < -0.3 is 39.7 Å². The molecular weight excluding hydrogens is 980 g/mol. The summed E-state index contributed by atoms with van der Waals surface area (Å²) in [6, 6.07) is 19.1. The van der Waals surface area contributed by atoms with Crippen molar-refractivity contribution in [2.24, 2.45) is 17.5 Å². The fourth-order valence-corrected chi connectivity index (χ4v) is 11.4. The SMILES string of the molecule is Cc1sc2c(c1C)C(c1ccc(Cl)cc1)=N[C@@H](CC(=O)NC1CC(Oc3ccc4oc(C(=O)NC(C(=O)N5C[C@H](O)C[C@H]5C(=O)N[C@@H](C)c5ccc(-c6nccn6C)cc5)C(C)(C)C)cc4c3)C1)c1nnc(C)n1-2. The Morgan fingerprint density at radius 2 is 1.68 bits per heavy atom. The number of aliphatic hydroxyl groups is 1. The zero-order valence-corrected chi connectivity index (χ0v) is 44.0. The minimum absolute atomic E-state index is 0.00307. The van der Waals surface area contributed by atoms with Crippen LogP contribution < -0.4 is 20.7 Å². The summed E-state index contributed by atoms with van der Waals surface area (Å²) in [5, 5.41) is 31.0. The number of imidazole rings is 1. The summed E-state index contributed by atoms with van der Waals surface area (Å²) in [5.74, 6) is 1.08. The van der Waals surface area contributed by atoms with Crippen LogP contribution in [0.2, 0.25) is 5.02 Å². The quantitative estimate of drug-likeness (QED) is 0.0873. The summed E-state index contributed by atoms with van der Waals surface area (Å²) in [4.78, 5) is 68.0. The standard InChI is InChI=1S/C55H59ClN10O7S/c1-28-30(3)74-54-46(28)47(33-13-15-36(56)16-14-33)60-41(50-63-62-31(4)66(50)54)26-45(68)59-37-23-40(24-37)72-39-17-18-43-35(21-39)22-44(73-43)52(70)61-48(55(5,6)7)53(71)65-27-38(67)25-42(65)51(69)58-29(2)32-9-11-34(12-10-32)49-57-19-20-64(49)8/h9-22,29,37-38,40-42,48,67H,23-27H2,1-8H3,(H,58,69)(H,59,68)(H,61,70)/t29-,37?,38+,40?,41-,42-,48?/m0/s1. The average molecular weight is 1040 g/mol. The van der Waals surface area contributed by atoms with E-state index in [4.69, 9.17) is 25.7 Å². The first-order valence-electron chi connectivity index (χ1n) is 24.8. The first-order chi connectivity index (χ1) is 35.3. The lowest BCUT2D eigenvalue weighted by Gasteiger charge is -2.36. The summed E-state index contributed by atoms with van der Waals surface area (Å²) >= 11 is 7.94. The molecule has 1 aliphatic carbocycles. The molecule has 1 saturated heterocycles. The van der Waals surface area contributed by atoms with Crippen molar-refractivity contribution in [3.63, 3.8) is 0 Å². The lowest BCUT2D eigenvalue weighted by molar-refractivity contribution is -0.142. The molecule has 5 atom stereocenters. The average Bonchev–Trinajstić information content (AvgIpc) is 4.20. The maximum Gasteiger partial charge on any atom is 0.287 e. The monoisotopic (exact) mass is 1040 g/mol. The highest BCUT2D eigenvalue weighted by Gasteiger charge is 2.45. The Kier molecular flexibility index (Phi) is 13.6. The molecule has 3 aromatic carbocycles. The number of aromatic nitrogens is 5. The van der Waals surface area contributed by atoms with Gasteiger partial charge in [-0.15, -0.1) is 21.5 Å². The lowest BCUT2D eigenvalue weighted by atomic mass is 9.85. The number of halogens is 1. The number of ether oxygens (including phenoxy) is 1. The molecule has 17 nitrogen and oxygen atoms in total. The third-order valence-electron chi connectivity index (χ3n) is 14.3. The van der Waals surface area contributed by atoms with Gasteiger partial charge in [0.25, 0.3) is 5.91 Å². The molecule has 10 rings (SSSR count). The zero-order chi connectivity index (χ0) is 52.3. The van der Waals surface area contributed by atoms with Gasteiger partial charge in [-0.2, -0.15) is 0 Å². The molecule has 19 heteroatoms. The van der Waals surface area contributed by atoms with Crippen molar-refractivity contribution in [2.45, 2.75) is 117 Å². The molecule has 384 valence electrons. The molecule has 4 aromatic heterocycles. The van der Waals surface area contributed by atoms with Crippen molar-refractivity contribution in [1.29, 1.82) is 0 Å². The topological polar surface area (TPSA) is 211 Å². The number of benzene rings is 3. The van der Waals surface area contributed by atoms with Crippen LogP contribution in [0, 0.1) is 26.2 Å². The molecule has 1 saturated carbocycles. The molecule has 7 aromatic rings. The fraction of sp³-hybridized carbons (Fsp3) is 0.382. The van der Waals surface area contributed by atoms with E-state index in [9.17, 15) is 24.3 Å². The maximum absolute atomic E-state index is 14.4. The van der Waals surface area contributed by atoms with Gasteiger partial charge in [-0.3, -0.25) is 28.7 Å². The molecule has 6 heterocycles. The summed E-state index contributed by atoms with van der Waals surface area (Å²) < 4.78 is 16.3. The molecule has 0 radical (unpaired) electrons. The van der Waals surface area contributed by atoms with E-state index in [2.05, 4.69) is 45.0 Å². The van der Waals surface area contributed by atoms with E-state index in [1.807, 2.05) is 106 Å². The third-order valence-corrected chi connectivity index (χ3v) is 15.8. The first kappa shape index (κ1) is 50.4. The van der Waals surface area contributed by atoms with E-state index >= 15 is 0 Å². The largest absolute Gasteiger partial charge is 0.490 e. The number of aliphatic imine (C=N–C) groups is 1. The maximum atomic E-state index is 14.4. The highest BCUT2D eigenvalue weighted by atomic mass is 35.5. The van der Waals surface area contributed by atoms with Crippen LogP contribution in [-0.4, -0.2) is 101 Å². The number of hydrogen-bond acceptors (Lipinski definition) is 12. The van der Waals surface area contributed by atoms with Crippen LogP contribution in [0.1, 0.15) is 115 Å². The highest BCUT2D eigenvalue weighted by Crippen LogP contribution is 2.40.